The Hall–Kier alpha value is -2.04. The highest BCUT2D eigenvalue weighted by molar-refractivity contribution is 5.80. The smallest absolute Gasteiger partial charge is 0.308 e. The molecule has 1 atom stereocenters. The number of likely N-dealkylation sites (tertiary alicyclic amines) is 1. The Labute approximate surface area is 118 Å². The number of carbonyl (C=O) groups excluding carboxylic acids is 1. The number of aliphatic carboxylic acids is 1. The second kappa shape index (κ2) is 5.94. The van der Waals surface area contributed by atoms with Gasteiger partial charge in [-0.05, 0) is 31.9 Å². The van der Waals surface area contributed by atoms with Crippen LogP contribution in [0.15, 0.2) is 18.2 Å². The molecule has 20 heavy (non-hydrogen) atoms. The number of aryl methyl sites for hydroxylation is 2. The van der Waals surface area contributed by atoms with E-state index < -0.39 is 11.9 Å². The molecule has 5 nitrogen and oxygen atoms in total. The standard InChI is InChI=1S/C15H19NO4/c1-10-3-4-13(11(2)7-10)20-9-14(17)16-6-5-12(8-16)15(18)19/h3-4,7,12H,5-6,8-9H2,1-2H3,(H,18,19)/t12-/m1/s1. The lowest BCUT2D eigenvalue weighted by atomic mass is 10.1. The molecular formula is C15H19NO4. The summed E-state index contributed by atoms with van der Waals surface area (Å²) in [5, 5.41) is 8.91. The van der Waals surface area contributed by atoms with Gasteiger partial charge in [-0.15, -0.1) is 0 Å². The molecule has 0 spiro atoms. The number of nitrogens with zero attached hydrogens (tertiary/aromatic N) is 1. The molecule has 0 aromatic heterocycles. The largest absolute Gasteiger partial charge is 0.484 e. The monoisotopic (exact) mass is 277 g/mol. The van der Waals surface area contributed by atoms with Crippen LogP contribution in [-0.2, 0) is 9.59 Å². The lowest BCUT2D eigenvalue weighted by Crippen LogP contribution is -2.33. The summed E-state index contributed by atoms with van der Waals surface area (Å²) in [6.45, 7) is 4.66. The Morgan fingerprint density at radius 1 is 1.40 bits per heavy atom. The highest BCUT2D eigenvalue weighted by Crippen LogP contribution is 2.20. The minimum absolute atomic E-state index is 0.0454. The van der Waals surface area contributed by atoms with Crippen LogP contribution in [0.2, 0.25) is 0 Å². The molecular weight excluding hydrogens is 258 g/mol. The van der Waals surface area contributed by atoms with Gasteiger partial charge in [0.05, 0.1) is 5.92 Å². The molecule has 0 aliphatic carbocycles. The molecule has 0 bridgehead atoms. The van der Waals surface area contributed by atoms with Crippen LogP contribution in [0.1, 0.15) is 17.5 Å². The molecule has 1 heterocycles. The van der Waals surface area contributed by atoms with Crippen LogP contribution >= 0.6 is 0 Å². The molecule has 1 aromatic rings. The first kappa shape index (κ1) is 14.4. The highest BCUT2D eigenvalue weighted by atomic mass is 16.5. The van der Waals surface area contributed by atoms with Gasteiger partial charge in [-0.1, -0.05) is 17.7 Å². The molecule has 1 fully saturated rings. The zero-order valence-electron chi connectivity index (χ0n) is 11.8. The van der Waals surface area contributed by atoms with Gasteiger partial charge < -0.3 is 14.7 Å². The molecule has 1 aliphatic heterocycles. The maximum absolute atomic E-state index is 12.0. The summed E-state index contributed by atoms with van der Waals surface area (Å²) in [7, 11) is 0. The number of rotatable bonds is 4. The van der Waals surface area contributed by atoms with Gasteiger partial charge in [-0.2, -0.15) is 0 Å². The summed E-state index contributed by atoms with van der Waals surface area (Å²) in [5.74, 6) is -0.748. The Kier molecular flexibility index (Phi) is 4.27. The molecule has 5 heteroatoms. The maximum Gasteiger partial charge on any atom is 0.308 e. The zero-order valence-corrected chi connectivity index (χ0v) is 11.8. The summed E-state index contributed by atoms with van der Waals surface area (Å²) >= 11 is 0. The molecule has 0 saturated carbocycles. The average molecular weight is 277 g/mol. The van der Waals surface area contributed by atoms with E-state index in [1.54, 1.807) is 4.90 Å². The Morgan fingerprint density at radius 2 is 2.15 bits per heavy atom. The van der Waals surface area contributed by atoms with E-state index in [1.165, 1.54) is 0 Å². The summed E-state index contributed by atoms with van der Waals surface area (Å²) in [4.78, 5) is 24.4. The van der Waals surface area contributed by atoms with E-state index in [2.05, 4.69) is 0 Å². The second-order valence-electron chi connectivity index (χ2n) is 5.22. The van der Waals surface area contributed by atoms with Crippen molar-refractivity contribution in [3.63, 3.8) is 0 Å². The third kappa shape index (κ3) is 3.29. The van der Waals surface area contributed by atoms with Crippen LogP contribution in [-0.4, -0.2) is 41.6 Å². The van der Waals surface area contributed by atoms with Crippen LogP contribution in [0.4, 0.5) is 0 Å². The van der Waals surface area contributed by atoms with Crippen LogP contribution in [0.5, 0.6) is 5.75 Å². The number of carboxylic acid groups (broad SMARTS) is 1. The third-order valence-corrected chi connectivity index (χ3v) is 3.57. The summed E-state index contributed by atoms with van der Waals surface area (Å²) in [6.07, 6.45) is 0.518. The van der Waals surface area contributed by atoms with Crippen molar-refractivity contribution in [3.8, 4) is 5.75 Å². The van der Waals surface area contributed by atoms with E-state index >= 15 is 0 Å². The second-order valence-corrected chi connectivity index (χ2v) is 5.22. The number of hydrogen-bond donors (Lipinski definition) is 1. The summed E-state index contributed by atoms with van der Waals surface area (Å²) in [6, 6.07) is 5.78. The van der Waals surface area contributed by atoms with Crippen molar-refractivity contribution in [2.45, 2.75) is 20.3 Å². The quantitative estimate of drug-likeness (QED) is 0.908. The average Bonchev–Trinajstić information content (AvgIpc) is 2.87. The third-order valence-electron chi connectivity index (χ3n) is 3.57. The highest BCUT2D eigenvalue weighted by Gasteiger charge is 2.30. The number of amides is 1. The fourth-order valence-corrected chi connectivity index (χ4v) is 2.38. The Morgan fingerprint density at radius 3 is 2.75 bits per heavy atom. The van der Waals surface area contributed by atoms with E-state index in [-0.39, 0.29) is 19.1 Å². The summed E-state index contributed by atoms with van der Waals surface area (Å²) in [5.41, 5.74) is 2.13. The number of carboxylic acids is 1. The van der Waals surface area contributed by atoms with Crippen LogP contribution in [0, 0.1) is 19.8 Å². The lowest BCUT2D eigenvalue weighted by Gasteiger charge is -2.17. The van der Waals surface area contributed by atoms with Crippen LogP contribution in [0.3, 0.4) is 0 Å². The SMILES string of the molecule is Cc1ccc(OCC(=O)N2CC[C@@H](C(=O)O)C2)c(C)c1. The first-order valence-corrected chi connectivity index (χ1v) is 6.68. The van der Waals surface area contributed by atoms with Crippen molar-refractivity contribution < 1.29 is 19.4 Å². The van der Waals surface area contributed by atoms with Crippen molar-refractivity contribution in [1.29, 1.82) is 0 Å². The Balaban J connectivity index is 1.88. The van der Waals surface area contributed by atoms with Gasteiger partial charge in [0.2, 0.25) is 0 Å². The molecule has 1 aliphatic rings. The number of hydrogen-bond acceptors (Lipinski definition) is 3. The van der Waals surface area contributed by atoms with Crippen molar-refractivity contribution in [1.82, 2.24) is 4.90 Å². The molecule has 1 amide bonds. The lowest BCUT2D eigenvalue weighted by molar-refractivity contribution is -0.141. The van der Waals surface area contributed by atoms with Gasteiger partial charge in [0.15, 0.2) is 6.61 Å². The van der Waals surface area contributed by atoms with Crippen molar-refractivity contribution in [2.24, 2.45) is 5.92 Å². The predicted molar refractivity (Wildman–Crippen MR) is 73.7 cm³/mol. The van der Waals surface area contributed by atoms with Gasteiger partial charge in [0.1, 0.15) is 5.75 Å². The van der Waals surface area contributed by atoms with E-state index in [0.29, 0.717) is 18.7 Å². The summed E-state index contributed by atoms with van der Waals surface area (Å²) < 4.78 is 5.52. The van der Waals surface area contributed by atoms with Gasteiger partial charge >= 0.3 is 5.97 Å². The van der Waals surface area contributed by atoms with Gasteiger partial charge in [0.25, 0.3) is 5.91 Å². The first-order chi connectivity index (χ1) is 9.47. The predicted octanol–water partition coefficient (Wildman–Crippen LogP) is 1.62. The Bertz CT molecular complexity index is 527. The van der Waals surface area contributed by atoms with Gasteiger partial charge in [0, 0.05) is 13.1 Å². The molecule has 108 valence electrons. The molecule has 1 aromatic carbocycles. The minimum atomic E-state index is -0.837. The van der Waals surface area contributed by atoms with Crippen molar-refractivity contribution >= 4 is 11.9 Å². The zero-order chi connectivity index (χ0) is 14.7. The number of ether oxygens (including phenoxy) is 1. The molecule has 1 saturated heterocycles. The van der Waals surface area contributed by atoms with Crippen LogP contribution < -0.4 is 4.74 Å². The van der Waals surface area contributed by atoms with Gasteiger partial charge in [-0.3, -0.25) is 9.59 Å². The fraction of sp³-hybridized carbons (Fsp3) is 0.467. The van der Waals surface area contributed by atoms with Crippen LogP contribution in [0.25, 0.3) is 0 Å². The molecule has 2 rings (SSSR count). The molecule has 0 radical (unpaired) electrons. The molecule has 1 N–H and O–H groups in total. The van der Waals surface area contributed by atoms with Crippen molar-refractivity contribution in [3.05, 3.63) is 29.3 Å². The number of carbonyl (C=O) groups is 2. The normalized spacial score (nSPS) is 18.1. The topological polar surface area (TPSA) is 66.8 Å². The van der Waals surface area contributed by atoms with E-state index in [4.69, 9.17) is 9.84 Å². The number of benzene rings is 1. The maximum atomic E-state index is 12.0. The van der Waals surface area contributed by atoms with E-state index in [1.807, 2.05) is 32.0 Å². The van der Waals surface area contributed by atoms with Crippen molar-refractivity contribution in [2.75, 3.05) is 19.7 Å². The minimum Gasteiger partial charge on any atom is -0.484 e. The fourth-order valence-electron chi connectivity index (χ4n) is 2.38. The first-order valence-electron chi connectivity index (χ1n) is 6.68. The molecule has 0 unspecified atom stereocenters. The van der Waals surface area contributed by atoms with E-state index in [9.17, 15) is 9.59 Å². The van der Waals surface area contributed by atoms with Gasteiger partial charge in [-0.25, -0.2) is 0 Å². The van der Waals surface area contributed by atoms with E-state index in [0.717, 1.165) is 11.1 Å².